The first-order valence-electron chi connectivity index (χ1n) is 19.3. The number of hydrogen-bond donors (Lipinski definition) is 3. The van der Waals surface area contributed by atoms with Crippen molar-refractivity contribution in [2.45, 2.75) is 106 Å². The standard InChI is InChI=1S/C39H50F3N5O10S/c1-22-8-6-7-9-25-19-38(25,35(50)46-58(52,53)28-11-12-28)45-32(48)30-18-27(56-33-29-13-10-26(55-5)17-23(29)14-15-43-33)20-47(30)34(49)31(24(16-22)21-54-4)44-36(51)57-37(2,3)39(40,41)42/h7,9-10,13-15,17,22,24-25,27-28,30-31H,6,8,11-12,16,18-21H2,1-5H3,(H,44,51)(H,45,48)(H,46,50)/b9-7-/t22-,24+,25+,27-,30+,31+,38+/m1/s1. The maximum absolute atomic E-state index is 14.9. The molecule has 0 bridgehead atoms. The Kier molecular flexibility index (Phi) is 12.2. The number of methoxy groups -OCH3 is 2. The molecule has 7 atom stereocenters. The molecule has 6 rings (SSSR count). The summed E-state index contributed by atoms with van der Waals surface area (Å²) in [4.78, 5) is 62.0. The summed E-state index contributed by atoms with van der Waals surface area (Å²) in [5.41, 5.74) is -4.56. The smallest absolute Gasteiger partial charge is 0.427 e. The molecule has 1 aromatic heterocycles. The number of aromatic nitrogens is 1. The molecule has 3 fully saturated rings. The van der Waals surface area contributed by atoms with E-state index in [1.54, 1.807) is 30.3 Å². The maximum atomic E-state index is 14.9. The van der Waals surface area contributed by atoms with Gasteiger partial charge in [-0.3, -0.25) is 19.1 Å². The van der Waals surface area contributed by atoms with Crippen LogP contribution in [0.25, 0.3) is 10.8 Å². The molecule has 2 aliphatic heterocycles. The summed E-state index contributed by atoms with van der Waals surface area (Å²) in [5, 5.41) is 5.79. The highest BCUT2D eigenvalue weighted by atomic mass is 32.2. The molecule has 0 radical (unpaired) electrons. The van der Waals surface area contributed by atoms with Crippen molar-refractivity contribution < 1.29 is 59.7 Å². The fraction of sp³-hybridized carbons (Fsp3) is 0.615. The van der Waals surface area contributed by atoms with E-state index in [2.05, 4.69) is 20.3 Å². The number of allylic oxidation sites excluding steroid dienone is 1. The molecule has 15 nitrogen and oxygen atoms in total. The first kappa shape index (κ1) is 42.9. The maximum Gasteiger partial charge on any atom is 0.427 e. The van der Waals surface area contributed by atoms with Gasteiger partial charge in [-0.25, -0.2) is 18.2 Å². The SMILES string of the molecule is COC[C@@H]1C[C@H](C)CC/C=C\[C@H]2C[C@]2(C(=O)NS(=O)(=O)C2CC2)NC(=O)[C@@H]2C[C@@H](Oc3nccc4cc(OC)ccc34)CN2C(=O)[C@H]1NC(=O)OC(C)(C)C(F)(F)F. The number of sulfonamides is 1. The van der Waals surface area contributed by atoms with Gasteiger partial charge in [-0.1, -0.05) is 19.1 Å². The van der Waals surface area contributed by atoms with Gasteiger partial charge in [-0.15, -0.1) is 0 Å². The van der Waals surface area contributed by atoms with Crippen LogP contribution in [-0.4, -0.2) is 110 Å². The number of nitrogens with zero attached hydrogens (tertiary/aromatic N) is 2. The van der Waals surface area contributed by atoms with Gasteiger partial charge in [0.05, 0.1) is 25.5 Å². The van der Waals surface area contributed by atoms with Crippen LogP contribution in [0.15, 0.2) is 42.6 Å². The topological polar surface area (TPSA) is 192 Å². The van der Waals surface area contributed by atoms with Gasteiger partial charge in [0.2, 0.25) is 33.3 Å². The molecule has 4 aliphatic rings. The number of amides is 4. The Morgan fingerprint density at radius 1 is 1.09 bits per heavy atom. The second-order valence-corrected chi connectivity index (χ2v) is 18.2. The Labute approximate surface area is 334 Å². The largest absolute Gasteiger partial charge is 0.497 e. The van der Waals surface area contributed by atoms with Crippen molar-refractivity contribution in [1.29, 1.82) is 0 Å². The first-order chi connectivity index (χ1) is 27.3. The monoisotopic (exact) mass is 837 g/mol. The lowest BCUT2D eigenvalue weighted by Crippen LogP contribution is -2.60. The molecule has 2 aromatic rings. The van der Waals surface area contributed by atoms with Crippen LogP contribution in [0.2, 0.25) is 0 Å². The Hall–Kier alpha value is -4.65. The number of benzene rings is 1. The second-order valence-electron chi connectivity index (χ2n) is 16.2. The fourth-order valence-corrected chi connectivity index (χ4v) is 9.01. The number of hydrogen-bond acceptors (Lipinski definition) is 11. The fourth-order valence-electron chi connectivity index (χ4n) is 7.65. The number of ether oxygens (including phenoxy) is 4. The summed E-state index contributed by atoms with van der Waals surface area (Å²) in [7, 11) is -1.08. The van der Waals surface area contributed by atoms with E-state index in [-0.39, 0.29) is 44.2 Å². The van der Waals surface area contributed by atoms with Crippen LogP contribution in [0.5, 0.6) is 11.6 Å². The van der Waals surface area contributed by atoms with Crippen LogP contribution in [0, 0.1) is 17.8 Å². The normalized spacial score (nSPS) is 28.9. The van der Waals surface area contributed by atoms with Gasteiger partial charge in [0.1, 0.15) is 29.5 Å². The van der Waals surface area contributed by atoms with Crippen molar-refractivity contribution in [3.63, 3.8) is 0 Å². The van der Waals surface area contributed by atoms with Gasteiger partial charge in [-0.2, -0.15) is 13.2 Å². The molecule has 19 heteroatoms. The molecular weight excluding hydrogens is 788 g/mol. The number of alkyl carbamates (subject to hydrolysis) is 1. The highest BCUT2D eigenvalue weighted by Gasteiger charge is 2.62. The minimum absolute atomic E-state index is 0.0889. The van der Waals surface area contributed by atoms with Crippen LogP contribution in [0.1, 0.15) is 65.7 Å². The molecule has 1 saturated heterocycles. The number of pyridine rings is 1. The van der Waals surface area contributed by atoms with Gasteiger partial charge in [0, 0.05) is 36.9 Å². The van der Waals surface area contributed by atoms with E-state index >= 15 is 0 Å². The third-order valence-electron chi connectivity index (χ3n) is 11.3. The van der Waals surface area contributed by atoms with Crippen molar-refractivity contribution >= 4 is 44.6 Å². The van der Waals surface area contributed by atoms with Crippen LogP contribution in [-0.2, 0) is 33.9 Å². The quantitative estimate of drug-likeness (QED) is 0.292. The number of alkyl halides is 3. The van der Waals surface area contributed by atoms with E-state index in [1.165, 1.54) is 25.3 Å². The summed E-state index contributed by atoms with van der Waals surface area (Å²) in [5.74, 6) is -3.19. The minimum Gasteiger partial charge on any atom is -0.497 e. The molecular formula is C39H50F3N5O10S. The van der Waals surface area contributed by atoms with Gasteiger partial charge in [-0.05, 0) is 87.9 Å². The third-order valence-corrected chi connectivity index (χ3v) is 13.2. The van der Waals surface area contributed by atoms with Gasteiger partial charge < -0.3 is 34.5 Å². The highest BCUT2D eigenvalue weighted by molar-refractivity contribution is 7.91. The van der Waals surface area contributed by atoms with E-state index in [0.717, 1.165) is 5.39 Å². The van der Waals surface area contributed by atoms with Crippen molar-refractivity contribution in [3.8, 4) is 11.6 Å². The van der Waals surface area contributed by atoms with Crippen LogP contribution < -0.4 is 24.8 Å². The number of carbonyl (C=O) groups excluding carboxylic acids is 4. The molecule has 4 amide bonds. The summed E-state index contributed by atoms with van der Waals surface area (Å²) in [6, 6.07) is 4.10. The lowest BCUT2D eigenvalue weighted by Gasteiger charge is -2.35. The number of nitrogens with one attached hydrogen (secondary N) is 3. The predicted octanol–water partition coefficient (Wildman–Crippen LogP) is 4.15. The van der Waals surface area contributed by atoms with E-state index in [1.807, 2.05) is 13.0 Å². The summed E-state index contributed by atoms with van der Waals surface area (Å²) >= 11 is 0. The number of carbonyl (C=O) groups is 4. The molecule has 2 aliphatic carbocycles. The van der Waals surface area contributed by atoms with Gasteiger partial charge in [0.15, 0.2) is 0 Å². The zero-order chi connectivity index (χ0) is 42.2. The third kappa shape index (κ3) is 9.29. The zero-order valence-corrected chi connectivity index (χ0v) is 33.8. The summed E-state index contributed by atoms with van der Waals surface area (Å²) in [6.45, 7) is 2.95. The molecule has 3 N–H and O–H groups in total. The van der Waals surface area contributed by atoms with E-state index < -0.39 is 86.4 Å². The molecule has 58 heavy (non-hydrogen) atoms. The Morgan fingerprint density at radius 2 is 1.83 bits per heavy atom. The van der Waals surface area contributed by atoms with Crippen molar-refractivity contribution in [1.82, 2.24) is 25.2 Å². The highest BCUT2D eigenvalue weighted by Crippen LogP contribution is 2.46. The number of halogens is 3. The van der Waals surface area contributed by atoms with Crippen molar-refractivity contribution in [3.05, 3.63) is 42.6 Å². The molecule has 0 spiro atoms. The lowest BCUT2D eigenvalue weighted by molar-refractivity contribution is -0.244. The van der Waals surface area contributed by atoms with E-state index in [0.29, 0.717) is 50.7 Å². The molecule has 1 aromatic carbocycles. The van der Waals surface area contributed by atoms with Crippen LogP contribution in [0.3, 0.4) is 0 Å². The lowest BCUT2D eigenvalue weighted by atomic mass is 9.87. The van der Waals surface area contributed by atoms with Crippen molar-refractivity contribution in [2.75, 3.05) is 27.4 Å². The van der Waals surface area contributed by atoms with E-state index in [4.69, 9.17) is 18.9 Å². The summed E-state index contributed by atoms with van der Waals surface area (Å²) < 4.78 is 91.3. The Bertz CT molecular complexity index is 2040. The predicted molar refractivity (Wildman–Crippen MR) is 203 cm³/mol. The second kappa shape index (κ2) is 16.5. The zero-order valence-electron chi connectivity index (χ0n) is 33.0. The average molecular weight is 838 g/mol. The molecule has 2 saturated carbocycles. The molecule has 318 valence electrons. The summed E-state index contributed by atoms with van der Waals surface area (Å²) in [6.07, 6.45) is -0.0381. The average Bonchev–Trinajstić information content (AvgIpc) is 4.08. The Morgan fingerprint density at radius 3 is 2.50 bits per heavy atom. The Balaban J connectivity index is 1.37. The number of fused-ring (bicyclic) bond motifs is 3. The molecule has 3 heterocycles. The van der Waals surface area contributed by atoms with Crippen LogP contribution >= 0.6 is 0 Å². The first-order valence-corrected chi connectivity index (χ1v) is 20.8. The van der Waals surface area contributed by atoms with Crippen molar-refractivity contribution in [2.24, 2.45) is 17.8 Å². The van der Waals surface area contributed by atoms with Gasteiger partial charge in [0.25, 0.3) is 5.91 Å². The molecule has 0 unspecified atom stereocenters. The van der Waals surface area contributed by atoms with Crippen LogP contribution in [0.4, 0.5) is 18.0 Å². The van der Waals surface area contributed by atoms with Gasteiger partial charge >= 0.3 is 12.3 Å². The van der Waals surface area contributed by atoms with E-state index in [9.17, 15) is 40.8 Å². The number of rotatable bonds is 10. The minimum atomic E-state index is -4.94.